The molecule has 40 heavy (non-hydrogen) atoms. The standard InChI is InChI=1S/C19H20O4.C15H16O2/c1-13(20)22-17-9-5-15(6-10-17)19(3,4)16-7-11-18(12-8-16)23-14(2)21;1-15(2,11-3-7-13(16)8-4-11)12-5-9-14(17)10-6-12/h5-12H,1-4H3;3-10,16-17H,1-2H3. The van der Waals surface area contributed by atoms with E-state index >= 15 is 0 Å². The minimum atomic E-state index is -0.335. The summed E-state index contributed by atoms with van der Waals surface area (Å²) >= 11 is 0. The molecule has 0 bridgehead atoms. The first-order chi connectivity index (χ1) is 18.8. The molecule has 0 saturated heterocycles. The second kappa shape index (κ2) is 12.5. The highest BCUT2D eigenvalue weighted by Gasteiger charge is 2.24. The lowest BCUT2D eigenvalue weighted by Crippen LogP contribution is -2.18. The van der Waals surface area contributed by atoms with E-state index in [0.717, 1.165) is 22.3 Å². The molecule has 0 amide bonds. The highest BCUT2D eigenvalue weighted by molar-refractivity contribution is 5.69. The van der Waals surface area contributed by atoms with Crippen molar-refractivity contribution in [3.63, 3.8) is 0 Å². The van der Waals surface area contributed by atoms with Gasteiger partial charge in [-0.2, -0.15) is 0 Å². The lowest BCUT2D eigenvalue weighted by atomic mass is 9.78. The third-order valence-electron chi connectivity index (χ3n) is 6.85. The summed E-state index contributed by atoms with van der Waals surface area (Å²) in [6, 6.07) is 29.3. The minimum absolute atomic E-state index is 0.151. The predicted octanol–water partition coefficient (Wildman–Crippen LogP) is 7.29. The zero-order chi connectivity index (χ0) is 29.5. The molecular formula is C34H36O6. The Morgan fingerprint density at radius 2 is 0.700 bits per heavy atom. The van der Waals surface area contributed by atoms with Crippen LogP contribution in [0.2, 0.25) is 0 Å². The Morgan fingerprint density at radius 1 is 0.475 bits per heavy atom. The van der Waals surface area contributed by atoms with Gasteiger partial charge in [0.2, 0.25) is 0 Å². The van der Waals surface area contributed by atoms with Crippen LogP contribution in [0.15, 0.2) is 97.1 Å². The van der Waals surface area contributed by atoms with Gasteiger partial charge in [-0.05, 0) is 70.8 Å². The van der Waals surface area contributed by atoms with Gasteiger partial charge in [0.15, 0.2) is 0 Å². The zero-order valence-electron chi connectivity index (χ0n) is 23.8. The number of carbonyl (C=O) groups is 2. The van der Waals surface area contributed by atoms with Gasteiger partial charge in [0.1, 0.15) is 23.0 Å². The molecule has 6 heteroatoms. The number of esters is 2. The molecule has 4 aromatic carbocycles. The average molecular weight is 541 g/mol. The van der Waals surface area contributed by atoms with Gasteiger partial charge in [0, 0.05) is 24.7 Å². The quantitative estimate of drug-likeness (QED) is 0.197. The topological polar surface area (TPSA) is 93.1 Å². The van der Waals surface area contributed by atoms with Gasteiger partial charge < -0.3 is 19.7 Å². The van der Waals surface area contributed by atoms with E-state index in [1.807, 2.05) is 48.5 Å². The van der Waals surface area contributed by atoms with E-state index < -0.39 is 0 Å². The maximum absolute atomic E-state index is 11.0. The summed E-state index contributed by atoms with van der Waals surface area (Å²) in [6.45, 7) is 11.2. The van der Waals surface area contributed by atoms with Crippen molar-refractivity contribution in [3.8, 4) is 23.0 Å². The molecule has 0 fully saturated rings. The summed E-state index contributed by atoms with van der Waals surface area (Å²) in [5, 5.41) is 18.6. The van der Waals surface area contributed by atoms with E-state index in [4.69, 9.17) is 9.47 Å². The summed E-state index contributed by atoms with van der Waals surface area (Å²) in [6.07, 6.45) is 0. The Bertz CT molecular complexity index is 1310. The molecule has 0 aliphatic rings. The van der Waals surface area contributed by atoms with Gasteiger partial charge in [0.05, 0.1) is 0 Å². The Kier molecular flexibility index (Phi) is 9.38. The lowest BCUT2D eigenvalue weighted by Gasteiger charge is -2.26. The number of benzene rings is 4. The number of hydrogen-bond acceptors (Lipinski definition) is 6. The van der Waals surface area contributed by atoms with Crippen molar-refractivity contribution >= 4 is 11.9 Å². The van der Waals surface area contributed by atoms with Crippen molar-refractivity contribution in [2.24, 2.45) is 0 Å². The number of phenols is 2. The largest absolute Gasteiger partial charge is 0.508 e. The van der Waals surface area contributed by atoms with Crippen LogP contribution in [0.3, 0.4) is 0 Å². The molecule has 6 nitrogen and oxygen atoms in total. The van der Waals surface area contributed by atoms with E-state index in [2.05, 4.69) is 27.7 Å². The highest BCUT2D eigenvalue weighted by Crippen LogP contribution is 2.34. The van der Waals surface area contributed by atoms with Crippen molar-refractivity contribution in [1.82, 2.24) is 0 Å². The molecular weight excluding hydrogens is 504 g/mol. The molecule has 0 unspecified atom stereocenters. The van der Waals surface area contributed by atoms with Gasteiger partial charge in [-0.3, -0.25) is 9.59 Å². The number of ether oxygens (including phenoxy) is 2. The Hall–Kier alpha value is -4.58. The smallest absolute Gasteiger partial charge is 0.308 e. The van der Waals surface area contributed by atoms with Crippen LogP contribution < -0.4 is 9.47 Å². The fraction of sp³-hybridized carbons (Fsp3) is 0.235. The summed E-state index contributed by atoms with van der Waals surface area (Å²) in [7, 11) is 0. The number of hydrogen-bond donors (Lipinski definition) is 2. The molecule has 0 radical (unpaired) electrons. The number of aromatic hydroxyl groups is 2. The lowest BCUT2D eigenvalue weighted by molar-refractivity contribution is -0.132. The Labute approximate surface area is 235 Å². The fourth-order valence-corrected chi connectivity index (χ4v) is 4.30. The van der Waals surface area contributed by atoms with Crippen LogP contribution in [0.25, 0.3) is 0 Å². The van der Waals surface area contributed by atoms with Crippen LogP contribution in [0, 0.1) is 0 Å². The van der Waals surface area contributed by atoms with Crippen LogP contribution in [0.5, 0.6) is 23.0 Å². The van der Waals surface area contributed by atoms with E-state index in [1.165, 1.54) is 13.8 Å². The fourth-order valence-electron chi connectivity index (χ4n) is 4.30. The molecule has 0 aliphatic carbocycles. The number of rotatable bonds is 6. The molecule has 4 aromatic rings. The van der Waals surface area contributed by atoms with Gasteiger partial charge in [-0.25, -0.2) is 0 Å². The third kappa shape index (κ3) is 7.73. The van der Waals surface area contributed by atoms with Gasteiger partial charge in [-0.1, -0.05) is 76.2 Å². The third-order valence-corrected chi connectivity index (χ3v) is 6.85. The highest BCUT2D eigenvalue weighted by atomic mass is 16.5. The molecule has 208 valence electrons. The van der Waals surface area contributed by atoms with E-state index in [-0.39, 0.29) is 34.3 Å². The molecule has 0 heterocycles. The molecule has 0 aliphatic heterocycles. The molecule has 4 rings (SSSR count). The van der Waals surface area contributed by atoms with Crippen LogP contribution in [0.4, 0.5) is 0 Å². The first-order valence-corrected chi connectivity index (χ1v) is 13.0. The zero-order valence-corrected chi connectivity index (χ0v) is 23.8. The monoisotopic (exact) mass is 540 g/mol. The first-order valence-electron chi connectivity index (χ1n) is 13.0. The predicted molar refractivity (Wildman–Crippen MR) is 156 cm³/mol. The number of carbonyl (C=O) groups excluding carboxylic acids is 2. The normalized spacial score (nSPS) is 11.2. The molecule has 0 saturated carbocycles. The van der Waals surface area contributed by atoms with Crippen molar-refractivity contribution in [1.29, 1.82) is 0 Å². The van der Waals surface area contributed by atoms with Crippen molar-refractivity contribution in [3.05, 3.63) is 119 Å². The summed E-state index contributed by atoms with van der Waals surface area (Å²) < 4.78 is 10.1. The minimum Gasteiger partial charge on any atom is -0.508 e. The maximum Gasteiger partial charge on any atom is 0.308 e. The number of phenolic OH excluding ortho intramolecular Hbond substituents is 2. The second-order valence-electron chi connectivity index (χ2n) is 10.6. The average Bonchev–Trinajstić information content (AvgIpc) is 2.89. The van der Waals surface area contributed by atoms with Crippen molar-refractivity contribution < 1.29 is 29.3 Å². The van der Waals surface area contributed by atoms with Crippen molar-refractivity contribution in [2.45, 2.75) is 52.4 Å². The SMILES string of the molecule is CC(=O)Oc1ccc(C(C)(C)c2ccc(OC(C)=O)cc2)cc1.CC(C)(c1ccc(O)cc1)c1ccc(O)cc1. The van der Waals surface area contributed by atoms with E-state index in [0.29, 0.717) is 11.5 Å². The van der Waals surface area contributed by atoms with Crippen LogP contribution in [-0.2, 0) is 20.4 Å². The molecule has 0 atom stereocenters. The van der Waals surface area contributed by atoms with E-state index in [9.17, 15) is 19.8 Å². The summed E-state index contributed by atoms with van der Waals surface area (Å²) in [4.78, 5) is 21.9. The van der Waals surface area contributed by atoms with Crippen LogP contribution >= 0.6 is 0 Å². The summed E-state index contributed by atoms with van der Waals surface area (Å²) in [5.74, 6) is 0.936. The van der Waals surface area contributed by atoms with E-state index in [1.54, 1.807) is 48.5 Å². The van der Waals surface area contributed by atoms with Crippen LogP contribution in [-0.4, -0.2) is 22.2 Å². The van der Waals surface area contributed by atoms with Crippen LogP contribution in [0.1, 0.15) is 63.8 Å². The van der Waals surface area contributed by atoms with Gasteiger partial charge in [-0.15, -0.1) is 0 Å². The van der Waals surface area contributed by atoms with Crippen molar-refractivity contribution in [2.75, 3.05) is 0 Å². The van der Waals surface area contributed by atoms with Gasteiger partial charge in [0.25, 0.3) is 0 Å². The Morgan fingerprint density at radius 3 is 0.925 bits per heavy atom. The van der Waals surface area contributed by atoms with Gasteiger partial charge >= 0.3 is 11.9 Å². The maximum atomic E-state index is 11.0. The molecule has 0 aromatic heterocycles. The molecule has 0 spiro atoms. The second-order valence-corrected chi connectivity index (χ2v) is 10.6. The first kappa shape index (κ1) is 30.0. The molecule has 2 N–H and O–H groups in total. The Balaban J connectivity index is 0.000000230. The summed E-state index contributed by atoms with van der Waals surface area (Å²) in [5.41, 5.74) is 4.05.